The fourth-order valence-electron chi connectivity index (χ4n) is 2.39. The summed E-state index contributed by atoms with van der Waals surface area (Å²) >= 11 is 0. The zero-order valence-electron chi connectivity index (χ0n) is 11.7. The van der Waals surface area contributed by atoms with Crippen molar-refractivity contribution in [3.8, 4) is 0 Å². The monoisotopic (exact) mass is 284 g/mol. The number of aromatic nitrogens is 4. The van der Waals surface area contributed by atoms with Crippen molar-refractivity contribution in [2.24, 2.45) is 0 Å². The zero-order valence-corrected chi connectivity index (χ0v) is 11.7. The minimum Gasteiger partial charge on any atom is -0.312 e. The molecule has 0 amide bonds. The van der Waals surface area contributed by atoms with Gasteiger partial charge in [0.25, 0.3) is 5.56 Å². The molecule has 0 bridgehead atoms. The molecule has 3 rings (SSSR count). The lowest BCUT2D eigenvalue weighted by molar-refractivity contribution is 0.620. The van der Waals surface area contributed by atoms with Crippen LogP contribution in [-0.2, 0) is 13.1 Å². The van der Waals surface area contributed by atoms with Crippen molar-refractivity contribution < 1.29 is 0 Å². The molecule has 0 saturated carbocycles. The van der Waals surface area contributed by atoms with E-state index >= 15 is 0 Å². The molecule has 0 radical (unpaired) electrons. The molecule has 6 nitrogen and oxygen atoms in total. The Kier molecular flexibility index (Phi) is 3.43. The number of imidazole rings is 1. The van der Waals surface area contributed by atoms with Gasteiger partial charge in [-0.15, -0.1) is 0 Å². The number of nitrogens with zero attached hydrogens (tertiary/aromatic N) is 3. The maximum absolute atomic E-state index is 12.3. The summed E-state index contributed by atoms with van der Waals surface area (Å²) in [5.74, 6) is 0. The zero-order chi connectivity index (χ0) is 14.8. The van der Waals surface area contributed by atoms with Crippen LogP contribution in [0.2, 0.25) is 0 Å². The number of benzene rings is 1. The predicted molar refractivity (Wildman–Crippen MR) is 80.4 cm³/mol. The van der Waals surface area contributed by atoms with Gasteiger partial charge in [-0.1, -0.05) is 37.3 Å². The van der Waals surface area contributed by atoms with Crippen LogP contribution in [0, 0.1) is 0 Å². The molecule has 1 aromatic carbocycles. The molecular weight excluding hydrogens is 268 g/mol. The van der Waals surface area contributed by atoms with Gasteiger partial charge in [0.15, 0.2) is 5.52 Å². The van der Waals surface area contributed by atoms with Crippen LogP contribution < -0.4 is 11.2 Å². The average Bonchev–Trinajstić information content (AvgIpc) is 2.88. The second kappa shape index (κ2) is 5.40. The Morgan fingerprint density at radius 1 is 1.19 bits per heavy atom. The quantitative estimate of drug-likeness (QED) is 0.786. The molecule has 2 heterocycles. The Balaban J connectivity index is 2.11. The minimum absolute atomic E-state index is 0.305. The van der Waals surface area contributed by atoms with E-state index in [0.717, 1.165) is 12.0 Å². The number of H-pyrrole nitrogens is 1. The number of fused-ring (bicyclic) bond motifs is 1. The molecule has 2 aromatic heterocycles. The van der Waals surface area contributed by atoms with Crippen molar-refractivity contribution in [1.82, 2.24) is 19.1 Å². The van der Waals surface area contributed by atoms with E-state index in [4.69, 9.17) is 0 Å². The SMILES string of the molecule is CCCn1c(=O)[nH]c2c(ncn2Cc2ccccc2)c1=O. The highest BCUT2D eigenvalue weighted by molar-refractivity contribution is 5.69. The normalized spacial score (nSPS) is 11.1. The van der Waals surface area contributed by atoms with Crippen LogP contribution in [0.25, 0.3) is 11.2 Å². The summed E-state index contributed by atoms with van der Waals surface area (Å²) in [4.78, 5) is 31.2. The molecule has 0 aliphatic rings. The lowest BCUT2D eigenvalue weighted by Gasteiger charge is -2.05. The summed E-state index contributed by atoms with van der Waals surface area (Å²) in [6, 6.07) is 9.82. The smallest absolute Gasteiger partial charge is 0.312 e. The van der Waals surface area contributed by atoms with Crippen molar-refractivity contribution in [1.29, 1.82) is 0 Å². The number of hydrogen-bond donors (Lipinski definition) is 1. The first kappa shape index (κ1) is 13.4. The van der Waals surface area contributed by atoms with Crippen LogP contribution in [0.5, 0.6) is 0 Å². The molecule has 0 saturated heterocycles. The number of hydrogen-bond acceptors (Lipinski definition) is 3. The van der Waals surface area contributed by atoms with Crippen LogP contribution in [-0.4, -0.2) is 19.1 Å². The van der Waals surface area contributed by atoms with E-state index in [0.29, 0.717) is 24.3 Å². The Hall–Kier alpha value is -2.63. The summed E-state index contributed by atoms with van der Waals surface area (Å²) in [5, 5.41) is 0. The highest BCUT2D eigenvalue weighted by atomic mass is 16.2. The predicted octanol–water partition coefficient (Wildman–Crippen LogP) is 1.34. The van der Waals surface area contributed by atoms with Gasteiger partial charge in [-0.3, -0.25) is 14.3 Å². The third-order valence-electron chi connectivity index (χ3n) is 3.40. The van der Waals surface area contributed by atoms with Gasteiger partial charge in [-0.2, -0.15) is 0 Å². The fourth-order valence-corrected chi connectivity index (χ4v) is 2.39. The molecule has 108 valence electrons. The van der Waals surface area contributed by atoms with Crippen molar-refractivity contribution >= 4 is 11.2 Å². The van der Waals surface area contributed by atoms with E-state index in [-0.39, 0.29) is 11.2 Å². The highest BCUT2D eigenvalue weighted by Gasteiger charge is 2.12. The van der Waals surface area contributed by atoms with Gasteiger partial charge >= 0.3 is 5.69 Å². The van der Waals surface area contributed by atoms with Crippen LogP contribution >= 0.6 is 0 Å². The second-order valence-electron chi connectivity index (χ2n) is 4.94. The van der Waals surface area contributed by atoms with E-state index in [1.165, 1.54) is 4.57 Å². The van der Waals surface area contributed by atoms with E-state index in [1.807, 2.05) is 37.3 Å². The van der Waals surface area contributed by atoms with Gasteiger partial charge in [-0.25, -0.2) is 9.78 Å². The molecular formula is C15H16N4O2. The molecule has 0 aliphatic heterocycles. The Bertz CT molecular complexity index is 874. The van der Waals surface area contributed by atoms with E-state index in [1.54, 1.807) is 10.9 Å². The first-order chi connectivity index (χ1) is 10.2. The summed E-state index contributed by atoms with van der Waals surface area (Å²) < 4.78 is 2.98. The van der Waals surface area contributed by atoms with Crippen molar-refractivity contribution in [2.75, 3.05) is 0 Å². The minimum atomic E-state index is -0.385. The first-order valence-corrected chi connectivity index (χ1v) is 6.92. The van der Waals surface area contributed by atoms with Crippen molar-refractivity contribution in [2.45, 2.75) is 26.4 Å². The van der Waals surface area contributed by atoms with E-state index in [9.17, 15) is 9.59 Å². The number of aromatic amines is 1. The number of nitrogens with one attached hydrogen (secondary N) is 1. The average molecular weight is 284 g/mol. The van der Waals surface area contributed by atoms with E-state index in [2.05, 4.69) is 9.97 Å². The molecule has 0 fully saturated rings. The van der Waals surface area contributed by atoms with Crippen molar-refractivity contribution in [3.05, 3.63) is 63.1 Å². The molecule has 0 unspecified atom stereocenters. The van der Waals surface area contributed by atoms with Gasteiger partial charge in [-0.05, 0) is 12.0 Å². The second-order valence-corrected chi connectivity index (χ2v) is 4.94. The third-order valence-corrected chi connectivity index (χ3v) is 3.40. The molecule has 6 heteroatoms. The van der Waals surface area contributed by atoms with Crippen LogP contribution in [0.1, 0.15) is 18.9 Å². The summed E-state index contributed by atoms with van der Waals surface area (Å²) in [5.41, 5.74) is 1.14. The lowest BCUT2D eigenvalue weighted by Crippen LogP contribution is -2.35. The molecule has 0 aliphatic carbocycles. The first-order valence-electron chi connectivity index (χ1n) is 6.92. The number of rotatable bonds is 4. The molecule has 3 aromatic rings. The van der Waals surface area contributed by atoms with Gasteiger partial charge in [0.1, 0.15) is 5.65 Å². The largest absolute Gasteiger partial charge is 0.330 e. The van der Waals surface area contributed by atoms with Crippen molar-refractivity contribution in [3.63, 3.8) is 0 Å². The van der Waals surface area contributed by atoms with Crippen LogP contribution in [0.4, 0.5) is 0 Å². The molecule has 21 heavy (non-hydrogen) atoms. The van der Waals surface area contributed by atoms with E-state index < -0.39 is 0 Å². The Labute approximate surface area is 120 Å². The van der Waals surface area contributed by atoms with Gasteiger partial charge in [0.2, 0.25) is 0 Å². The highest BCUT2D eigenvalue weighted by Crippen LogP contribution is 2.08. The molecule has 1 N–H and O–H groups in total. The maximum Gasteiger partial charge on any atom is 0.330 e. The van der Waals surface area contributed by atoms with Gasteiger partial charge in [0.05, 0.1) is 12.9 Å². The van der Waals surface area contributed by atoms with Gasteiger partial charge < -0.3 is 4.57 Å². The Morgan fingerprint density at radius 3 is 2.67 bits per heavy atom. The maximum atomic E-state index is 12.3. The summed E-state index contributed by atoms with van der Waals surface area (Å²) in [6.45, 7) is 2.88. The fraction of sp³-hybridized carbons (Fsp3) is 0.267. The lowest BCUT2D eigenvalue weighted by atomic mass is 10.2. The molecule has 0 atom stereocenters. The summed E-state index contributed by atoms with van der Waals surface area (Å²) in [7, 11) is 0. The van der Waals surface area contributed by atoms with Crippen LogP contribution in [0.15, 0.2) is 46.2 Å². The third kappa shape index (κ3) is 2.40. The Morgan fingerprint density at radius 2 is 1.95 bits per heavy atom. The van der Waals surface area contributed by atoms with Crippen LogP contribution in [0.3, 0.4) is 0 Å². The van der Waals surface area contributed by atoms with Gasteiger partial charge in [0, 0.05) is 6.54 Å². The topological polar surface area (TPSA) is 72.7 Å². The standard InChI is InChI=1S/C15H16N4O2/c1-2-8-19-14(20)12-13(17-15(19)21)18(10-16-12)9-11-6-4-3-5-7-11/h3-7,10H,2,8-9H2,1H3,(H,17,21). The molecule has 0 spiro atoms. The summed E-state index contributed by atoms with van der Waals surface area (Å²) in [6.07, 6.45) is 2.31.